The summed E-state index contributed by atoms with van der Waals surface area (Å²) in [5.41, 5.74) is 6.26. The summed E-state index contributed by atoms with van der Waals surface area (Å²) >= 11 is 1.34. The Labute approximate surface area is 154 Å². The van der Waals surface area contributed by atoms with E-state index in [1.165, 1.54) is 30.5 Å². The van der Waals surface area contributed by atoms with E-state index in [1.54, 1.807) is 31.2 Å². The molecule has 8 heteroatoms. The van der Waals surface area contributed by atoms with E-state index in [2.05, 4.69) is 16.9 Å². The highest BCUT2D eigenvalue weighted by molar-refractivity contribution is 7.17. The first-order valence-corrected chi connectivity index (χ1v) is 8.43. The first-order valence-electron chi connectivity index (χ1n) is 7.61. The van der Waals surface area contributed by atoms with Crippen molar-refractivity contribution >= 4 is 22.9 Å². The zero-order chi connectivity index (χ0) is 19.3. The van der Waals surface area contributed by atoms with Gasteiger partial charge in [0.05, 0.1) is 20.4 Å². The standard InChI is InChI=1S/C18H18N4O3S/c1-11(9-10-19)18(22(24)25)12(2)20-17-6-4-5-14(21-17)16-8-7-15(26-16)13(3)23/h4-10H,2,19H2,1,3H3,(H,20,21)/b10-9-,18-11+. The number of nitrogens with zero attached hydrogens (tertiary/aromatic N) is 2. The second kappa shape index (κ2) is 8.21. The van der Waals surface area contributed by atoms with Gasteiger partial charge in [0.2, 0.25) is 0 Å². The predicted molar refractivity (Wildman–Crippen MR) is 103 cm³/mol. The Kier molecular flexibility index (Phi) is 6.03. The molecule has 0 spiro atoms. The number of aromatic nitrogens is 1. The van der Waals surface area contributed by atoms with E-state index in [9.17, 15) is 14.9 Å². The number of thiophene rings is 1. The zero-order valence-corrected chi connectivity index (χ0v) is 15.2. The van der Waals surface area contributed by atoms with Gasteiger partial charge in [-0.15, -0.1) is 11.3 Å². The summed E-state index contributed by atoms with van der Waals surface area (Å²) in [5, 5.41) is 14.2. The lowest BCUT2D eigenvalue weighted by molar-refractivity contribution is -0.421. The van der Waals surface area contributed by atoms with Crippen LogP contribution in [0.1, 0.15) is 23.5 Å². The molecule has 0 aromatic carbocycles. The molecule has 0 unspecified atom stereocenters. The number of Topliss-reactive ketones (excluding diaryl/α,β-unsaturated/α-hetero) is 1. The van der Waals surface area contributed by atoms with E-state index in [1.807, 2.05) is 6.07 Å². The highest BCUT2D eigenvalue weighted by Crippen LogP contribution is 2.28. The van der Waals surface area contributed by atoms with Crippen LogP contribution in [0.3, 0.4) is 0 Å². The average molecular weight is 370 g/mol. The van der Waals surface area contributed by atoms with Crippen LogP contribution in [0.2, 0.25) is 0 Å². The Hall–Kier alpha value is -3.26. The van der Waals surface area contributed by atoms with Crippen molar-refractivity contribution in [2.45, 2.75) is 13.8 Å². The predicted octanol–water partition coefficient (Wildman–Crippen LogP) is 3.96. The van der Waals surface area contributed by atoms with Gasteiger partial charge in [-0.2, -0.15) is 0 Å². The quantitative estimate of drug-likeness (QED) is 0.330. The maximum absolute atomic E-state index is 11.4. The number of anilines is 1. The molecule has 3 N–H and O–H groups in total. The van der Waals surface area contributed by atoms with Gasteiger partial charge in [-0.3, -0.25) is 14.9 Å². The van der Waals surface area contributed by atoms with Gasteiger partial charge in [-0.25, -0.2) is 4.98 Å². The number of nitrogens with two attached hydrogens (primary N) is 1. The number of carbonyl (C=O) groups is 1. The Morgan fingerprint density at radius 1 is 1.35 bits per heavy atom. The number of ketones is 1. The number of allylic oxidation sites excluding steroid dienone is 2. The number of pyridine rings is 1. The lowest BCUT2D eigenvalue weighted by Crippen LogP contribution is -2.11. The van der Waals surface area contributed by atoms with Crippen molar-refractivity contribution in [3.63, 3.8) is 0 Å². The molecular formula is C18H18N4O3S. The summed E-state index contributed by atoms with van der Waals surface area (Å²) < 4.78 is 0. The van der Waals surface area contributed by atoms with E-state index in [4.69, 9.17) is 5.73 Å². The second-order valence-corrected chi connectivity index (χ2v) is 6.46. The molecule has 2 aromatic heterocycles. The van der Waals surface area contributed by atoms with Crippen molar-refractivity contribution in [2.75, 3.05) is 5.32 Å². The average Bonchev–Trinajstić information content (AvgIpc) is 3.05. The van der Waals surface area contributed by atoms with Gasteiger partial charge in [0.1, 0.15) is 11.5 Å². The normalized spacial score (nSPS) is 11.9. The number of hydrogen-bond donors (Lipinski definition) is 2. The van der Waals surface area contributed by atoms with Crippen LogP contribution >= 0.6 is 11.3 Å². The smallest absolute Gasteiger partial charge is 0.295 e. The van der Waals surface area contributed by atoms with Gasteiger partial charge in [-0.1, -0.05) is 12.6 Å². The molecule has 0 amide bonds. The number of carbonyl (C=O) groups excluding carboxylic acids is 1. The molecule has 2 heterocycles. The fraction of sp³-hybridized carbons (Fsp3) is 0.111. The van der Waals surface area contributed by atoms with Gasteiger partial charge < -0.3 is 11.1 Å². The molecule has 2 rings (SSSR count). The molecule has 0 atom stereocenters. The largest absolute Gasteiger partial charge is 0.405 e. The fourth-order valence-electron chi connectivity index (χ4n) is 2.24. The lowest BCUT2D eigenvalue weighted by atomic mass is 10.2. The van der Waals surface area contributed by atoms with Crippen LogP contribution in [0, 0.1) is 10.1 Å². The molecule has 0 aliphatic heterocycles. The van der Waals surface area contributed by atoms with E-state index >= 15 is 0 Å². The molecule has 26 heavy (non-hydrogen) atoms. The van der Waals surface area contributed by atoms with Gasteiger partial charge in [-0.05, 0) is 50.4 Å². The molecular weight excluding hydrogens is 352 g/mol. The zero-order valence-electron chi connectivity index (χ0n) is 14.4. The highest BCUT2D eigenvalue weighted by Gasteiger charge is 2.19. The third kappa shape index (κ3) is 4.42. The molecule has 2 aromatic rings. The number of nitrogens with one attached hydrogen (secondary N) is 1. The molecule has 0 saturated carbocycles. The summed E-state index contributed by atoms with van der Waals surface area (Å²) in [6.45, 7) is 6.82. The van der Waals surface area contributed by atoms with Gasteiger partial charge in [0, 0.05) is 5.57 Å². The number of nitro groups is 1. The minimum Gasteiger partial charge on any atom is -0.405 e. The van der Waals surface area contributed by atoms with Crippen molar-refractivity contribution in [3.8, 4) is 10.6 Å². The van der Waals surface area contributed by atoms with Crippen LogP contribution in [0.15, 0.2) is 66.2 Å². The summed E-state index contributed by atoms with van der Waals surface area (Å²) in [7, 11) is 0. The SMILES string of the molecule is C=C(Nc1cccc(-c2ccc(C(C)=O)s2)n1)/C(=C(C)\C=C/N)[N+](=O)[O-]. The third-order valence-electron chi connectivity index (χ3n) is 3.42. The molecule has 0 aliphatic rings. The molecule has 0 bridgehead atoms. The van der Waals surface area contributed by atoms with E-state index in [-0.39, 0.29) is 17.2 Å². The van der Waals surface area contributed by atoms with Crippen LogP contribution in [-0.4, -0.2) is 15.7 Å². The van der Waals surface area contributed by atoms with E-state index < -0.39 is 4.92 Å². The van der Waals surface area contributed by atoms with Crippen molar-refractivity contribution in [1.82, 2.24) is 4.98 Å². The number of hydrogen-bond acceptors (Lipinski definition) is 7. The van der Waals surface area contributed by atoms with Crippen molar-refractivity contribution in [1.29, 1.82) is 0 Å². The van der Waals surface area contributed by atoms with Crippen molar-refractivity contribution in [2.24, 2.45) is 5.73 Å². The Morgan fingerprint density at radius 2 is 2.08 bits per heavy atom. The van der Waals surface area contributed by atoms with Gasteiger partial charge in [0.15, 0.2) is 5.78 Å². The van der Waals surface area contributed by atoms with E-state index in [0.29, 0.717) is 22.0 Å². The maximum Gasteiger partial charge on any atom is 0.295 e. The third-order valence-corrected chi connectivity index (χ3v) is 4.63. The molecule has 0 radical (unpaired) electrons. The van der Waals surface area contributed by atoms with Crippen LogP contribution < -0.4 is 11.1 Å². The monoisotopic (exact) mass is 370 g/mol. The molecule has 0 aliphatic carbocycles. The second-order valence-electron chi connectivity index (χ2n) is 5.38. The lowest BCUT2D eigenvalue weighted by Gasteiger charge is -2.09. The van der Waals surface area contributed by atoms with Crippen LogP contribution in [0.25, 0.3) is 10.6 Å². The van der Waals surface area contributed by atoms with Crippen LogP contribution in [-0.2, 0) is 0 Å². The molecule has 7 nitrogen and oxygen atoms in total. The first-order chi connectivity index (χ1) is 12.3. The van der Waals surface area contributed by atoms with Crippen molar-refractivity contribution < 1.29 is 9.72 Å². The van der Waals surface area contributed by atoms with Crippen LogP contribution in [0.5, 0.6) is 0 Å². The summed E-state index contributed by atoms with van der Waals surface area (Å²) in [6.07, 6.45) is 2.66. The first kappa shape index (κ1) is 19.1. The Balaban J connectivity index is 2.30. The minimum atomic E-state index is -0.521. The molecule has 134 valence electrons. The molecule has 0 saturated heterocycles. The van der Waals surface area contributed by atoms with Gasteiger partial charge >= 0.3 is 0 Å². The summed E-state index contributed by atoms with van der Waals surface area (Å²) in [6, 6.07) is 8.82. The maximum atomic E-state index is 11.4. The highest BCUT2D eigenvalue weighted by atomic mass is 32.1. The van der Waals surface area contributed by atoms with Crippen LogP contribution in [0.4, 0.5) is 5.82 Å². The summed E-state index contributed by atoms with van der Waals surface area (Å²) in [4.78, 5) is 28.2. The summed E-state index contributed by atoms with van der Waals surface area (Å²) in [5.74, 6) is 0.405. The molecule has 0 fully saturated rings. The van der Waals surface area contributed by atoms with Crippen molar-refractivity contribution in [3.05, 3.63) is 81.1 Å². The minimum absolute atomic E-state index is 0.00639. The van der Waals surface area contributed by atoms with E-state index in [0.717, 1.165) is 4.88 Å². The fourth-order valence-corrected chi connectivity index (χ4v) is 3.11. The topological polar surface area (TPSA) is 111 Å². The Morgan fingerprint density at radius 3 is 2.65 bits per heavy atom. The number of rotatable bonds is 7. The van der Waals surface area contributed by atoms with Gasteiger partial charge in [0.25, 0.3) is 5.70 Å². The Bertz CT molecular complexity index is 928.